The maximum absolute atomic E-state index is 12.3. The van der Waals surface area contributed by atoms with Crippen LogP contribution in [0.25, 0.3) is 11.4 Å². The van der Waals surface area contributed by atoms with E-state index in [2.05, 4.69) is 25.1 Å². The maximum atomic E-state index is 12.3. The molecule has 1 aromatic carbocycles. The summed E-state index contributed by atoms with van der Waals surface area (Å²) >= 11 is 1.40. The molecule has 138 valence electrons. The van der Waals surface area contributed by atoms with Crippen molar-refractivity contribution in [3.63, 3.8) is 0 Å². The van der Waals surface area contributed by atoms with E-state index in [1.165, 1.54) is 11.8 Å². The summed E-state index contributed by atoms with van der Waals surface area (Å²) in [6.45, 7) is 0. The molecule has 1 N–H and O–H groups in total. The maximum Gasteiger partial charge on any atom is 0.234 e. The molecular formula is C19H19N5O2S. The Kier molecular flexibility index (Phi) is 5.06. The molecule has 27 heavy (non-hydrogen) atoms. The van der Waals surface area contributed by atoms with Crippen molar-refractivity contribution < 1.29 is 9.53 Å². The zero-order chi connectivity index (χ0) is 18.6. The summed E-state index contributed by atoms with van der Waals surface area (Å²) < 4.78 is 7.31. The van der Waals surface area contributed by atoms with Crippen LogP contribution in [0.5, 0.6) is 5.75 Å². The average Bonchev–Trinajstić information content (AvgIpc) is 3.46. The Morgan fingerprint density at radius 3 is 2.81 bits per heavy atom. The fraction of sp³-hybridized carbons (Fsp3) is 0.263. The van der Waals surface area contributed by atoms with Crippen LogP contribution in [0.3, 0.4) is 0 Å². The highest BCUT2D eigenvalue weighted by Gasteiger charge is 2.30. The monoisotopic (exact) mass is 381 g/mol. The molecule has 1 fully saturated rings. The van der Waals surface area contributed by atoms with E-state index in [0.717, 1.165) is 29.4 Å². The van der Waals surface area contributed by atoms with E-state index in [-0.39, 0.29) is 11.7 Å². The number of nitrogens with zero attached hydrogens (tertiary/aromatic N) is 4. The molecule has 8 heteroatoms. The minimum atomic E-state index is -0.0935. The van der Waals surface area contributed by atoms with Crippen molar-refractivity contribution in [3.05, 3.63) is 48.8 Å². The largest absolute Gasteiger partial charge is 0.497 e. The molecule has 1 saturated carbocycles. The summed E-state index contributed by atoms with van der Waals surface area (Å²) in [5, 5.41) is 12.3. The Labute approximate surface area is 161 Å². The van der Waals surface area contributed by atoms with E-state index in [1.54, 1.807) is 25.6 Å². The highest BCUT2D eigenvalue weighted by molar-refractivity contribution is 7.99. The molecule has 0 unspecified atom stereocenters. The Morgan fingerprint density at radius 1 is 1.26 bits per heavy atom. The van der Waals surface area contributed by atoms with Crippen molar-refractivity contribution in [2.75, 3.05) is 18.2 Å². The molecule has 1 amide bonds. The fourth-order valence-corrected chi connectivity index (χ4v) is 3.57. The first-order chi connectivity index (χ1) is 13.2. The molecule has 0 aliphatic heterocycles. The van der Waals surface area contributed by atoms with Crippen molar-refractivity contribution in [2.45, 2.75) is 24.0 Å². The van der Waals surface area contributed by atoms with E-state index in [4.69, 9.17) is 4.74 Å². The molecule has 2 aromatic heterocycles. The topological polar surface area (TPSA) is 81.9 Å². The number of thioether (sulfide) groups is 1. The Bertz CT molecular complexity index is 940. The number of pyridine rings is 1. The van der Waals surface area contributed by atoms with Gasteiger partial charge in [-0.1, -0.05) is 17.8 Å². The summed E-state index contributed by atoms with van der Waals surface area (Å²) in [6, 6.07) is 11.6. The molecule has 7 nitrogen and oxygen atoms in total. The van der Waals surface area contributed by atoms with Crippen LogP contribution in [0.4, 0.5) is 5.69 Å². The molecule has 2 heterocycles. The molecule has 0 saturated heterocycles. The lowest BCUT2D eigenvalue weighted by Gasteiger charge is -2.09. The van der Waals surface area contributed by atoms with Gasteiger partial charge < -0.3 is 10.1 Å². The minimum Gasteiger partial charge on any atom is -0.497 e. The predicted octanol–water partition coefficient (Wildman–Crippen LogP) is 3.41. The van der Waals surface area contributed by atoms with Gasteiger partial charge in [0.05, 0.1) is 12.9 Å². The summed E-state index contributed by atoms with van der Waals surface area (Å²) in [5.41, 5.74) is 1.69. The Hall–Kier alpha value is -2.87. The lowest BCUT2D eigenvalue weighted by molar-refractivity contribution is -0.113. The highest BCUT2D eigenvalue weighted by Crippen LogP contribution is 2.40. The molecule has 1 aliphatic rings. The SMILES string of the molecule is COc1cccc(NC(=O)CSc2nnc(-c3ccncc3)n2C2CC2)c1. The molecule has 0 radical (unpaired) electrons. The number of nitrogens with one attached hydrogen (secondary N) is 1. The van der Waals surface area contributed by atoms with Crippen molar-refractivity contribution in [1.29, 1.82) is 0 Å². The Balaban J connectivity index is 1.45. The van der Waals surface area contributed by atoms with Crippen LogP contribution in [0, 0.1) is 0 Å². The zero-order valence-electron chi connectivity index (χ0n) is 14.8. The van der Waals surface area contributed by atoms with E-state index in [0.29, 0.717) is 17.5 Å². The van der Waals surface area contributed by atoms with Gasteiger partial charge in [-0.15, -0.1) is 10.2 Å². The number of aromatic nitrogens is 4. The molecule has 3 aromatic rings. The van der Waals surface area contributed by atoms with Crippen LogP contribution in [-0.4, -0.2) is 38.5 Å². The number of rotatable bonds is 7. The van der Waals surface area contributed by atoms with Crippen molar-refractivity contribution in [3.8, 4) is 17.1 Å². The van der Waals surface area contributed by atoms with E-state index >= 15 is 0 Å². The van der Waals surface area contributed by atoms with Gasteiger partial charge in [0, 0.05) is 35.8 Å². The van der Waals surface area contributed by atoms with Gasteiger partial charge >= 0.3 is 0 Å². The van der Waals surface area contributed by atoms with Gasteiger partial charge in [-0.25, -0.2) is 0 Å². The number of methoxy groups -OCH3 is 1. The third kappa shape index (κ3) is 4.11. The number of amides is 1. The smallest absolute Gasteiger partial charge is 0.234 e. The first-order valence-electron chi connectivity index (χ1n) is 8.66. The first-order valence-corrected chi connectivity index (χ1v) is 9.65. The van der Waals surface area contributed by atoms with Crippen LogP contribution in [-0.2, 0) is 4.79 Å². The third-order valence-corrected chi connectivity index (χ3v) is 5.14. The summed E-state index contributed by atoms with van der Waals surface area (Å²) in [5.74, 6) is 1.70. The highest BCUT2D eigenvalue weighted by atomic mass is 32.2. The molecule has 0 atom stereocenters. The number of benzene rings is 1. The van der Waals surface area contributed by atoms with Gasteiger partial charge in [0.1, 0.15) is 5.75 Å². The lowest BCUT2D eigenvalue weighted by atomic mass is 10.2. The standard InChI is InChI=1S/C19H19N5O2S/c1-26-16-4-2-3-14(11-16)21-17(25)12-27-19-23-22-18(24(19)15-5-6-15)13-7-9-20-10-8-13/h2-4,7-11,15H,5-6,12H2,1H3,(H,21,25). The van der Waals surface area contributed by atoms with Gasteiger partial charge in [0.15, 0.2) is 11.0 Å². The number of ether oxygens (including phenoxy) is 1. The van der Waals surface area contributed by atoms with Crippen LogP contribution in [0.2, 0.25) is 0 Å². The summed E-state index contributed by atoms with van der Waals surface area (Å²) in [7, 11) is 1.60. The van der Waals surface area contributed by atoms with Gasteiger partial charge in [-0.3, -0.25) is 14.3 Å². The van der Waals surface area contributed by atoms with Crippen LogP contribution in [0.1, 0.15) is 18.9 Å². The number of hydrogen-bond donors (Lipinski definition) is 1. The number of carbonyl (C=O) groups excluding carboxylic acids is 1. The van der Waals surface area contributed by atoms with Crippen molar-refractivity contribution >= 4 is 23.4 Å². The molecular weight excluding hydrogens is 362 g/mol. The van der Waals surface area contributed by atoms with Crippen LogP contribution < -0.4 is 10.1 Å². The second-order valence-corrected chi connectivity index (χ2v) is 7.15. The van der Waals surface area contributed by atoms with Gasteiger partial charge in [-0.2, -0.15) is 0 Å². The zero-order valence-corrected chi connectivity index (χ0v) is 15.6. The van der Waals surface area contributed by atoms with Gasteiger partial charge in [-0.05, 0) is 37.1 Å². The minimum absolute atomic E-state index is 0.0935. The van der Waals surface area contributed by atoms with E-state index < -0.39 is 0 Å². The summed E-state index contributed by atoms with van der Waals surface area (Å²) in [6.07, 6.45) is 5.71. The molecule has 0 bridgehead atoms. The second kappa shape index (κ2) is 7.79. The van der Waals surface area contributed by atoms with Crippen molar-refractivity contribution in [2.24, 2.45) is 0 Å². The van der Waals surface area contributed by atoms with Crippen LogP contribution in [0.15, 0.2) is 53.9 Å². The average molecular weight is 381 g/mol. The molecule has 0 spiro atoms. The van der Waals surface area contributed by atoms with E-state index in [9.17, 15) is 4.79 Å². The first kappa shape index (κ1) is 17.5. The second-order valence-electron chi connectivity index (χ2n) is 6.21. The van der Waals surface area contributed by atoms with Gasteiger partial charge in [0.25, 0.3) is 0 Å². The van der Waals surface area contributed by atoms with Crippen LogP contribution >= 0.6 is 11.8 Å². The number of carbonyl (C=O) groups is 1. The lowest BCUT2D eigenvalue weighted by Crippen LogP contribution is -2.14. The Morgan fingerprint density at radius 2 is 2.07 bits per heavy atom. The number of anilines is 1. The predicted molar refractivity (Wildman–Crippen MR) is 104 cm³/mol. The number of hydrogen-bond acceptors (Lipinski definition) is 6. The third-order valence-electron chi connectivity index (χ3n) is 4.20. The van der Waals surface area contributed by atoms with E-state index in [1.807, 2.05) is 30.3 Å². The normalized spacial score (nSPS) is 13.4. The quantitative estimate of drug-likeness (QED) is 0.632. The molecule has 4 rings (SSSR count). The van der Waals surface area contributed by atoms with Crippen molar-refractivity contribution in [1.82, 2.24) is 19.7 Å². The van der Waals surface area contributed by atoms with Gasteiger partial charge in [0.2, 0.25) is 5.91 Å². The summed E-state index contributed by atoms with van der Waals surface area (Å²) in [4.78, 5) is 16.4. The fourth-order valence-electron chi connectivity index (χ4n) is 2.76. The molecule has 1 aliphatic carbocycles.